The number of hydrogen-bond donors (Lipinski definition) is 1. The van der Waals surface area contributed by atoms with E-state index in [1.54, 1.807) is 6.92 Å². The first-order valence-corrected chi connectivity index (χ1v) is 6.62. The van der Waals surface area contributed by atoms with Gasteiger partial charge in [0.15, 0.2) is 0 Å². The molecule has 0 aliphatic heterocycles. The van der Waals surface area contributed by atoms with E-state index >= 15 is 0 Å². The van der Waals surface area contributed by atoms with Gasteiger partial charge in [0.2, 0.25) is 0 Å². The Kier molecular flexibility index (Phi) is 4.81. The molecule has 0 aromatic carbocycles. The van der Waals surface area contributed by atoms with E-state index in [0.29, 0.717) is 11.6 Å². The fourth-order valence-corrected chi connectivity index (χ4v) is 2.76. The smallest absolute Gasteiger partial charge is 0.325 e. The largest absolute Gasteiger partial charge is 0.468 e. The van der Waals surface area contributed by atoms with Crippen LogP contribution in [0.15, 0.2) is 9.64 Å². The minimum absolute atomic E-state index is 0.108. The van der Waals surface area contributed by atoms with Gasteiger partial charge in [-0.25, -0.2) is 4.98 Å². The molecule has 0 fully saturated rings. The third kappa shape index (κ3) is 3.74. The highest BCUT2D eigenvalue weighted by molar-refractivity contribution is 7.99. The number of hydrogen-bond acceptors (Lipinski definition) is 6. The van der Waals surface area contributed by atoms with Crippen LogP contribution in [0.1, 0.15) is 31.7 Å². The molecule has 0 aliphatic carbocycles. The fraction of sp³-hybridized carbons (Fsp3) is 0.667. The van der Waals surface area contributed by atoms with Crippen molar-refractivity contribution in [1.82, 2.24) is 4.98 Å². The van der Waals surface area contributed by atoms with Gasteiger partial charge >= 0.3 is 5.97 Å². The van der Waals surface area contributed by atoms with Crippen molar-refractivity contribution in [3.05, 3.63) is 11.5 Å². The third-order valence-corrected chi connectivity index (χ3v) is 3.62. The Morgan fingerprint density at radius 3 is 2.67 bits per heavy atom. The summed E-state index contributed by atoms with van der Waals surface area (Å²) in [7, 11) is 1.34. The van der Waals surface area contributed by atoms with E-state index in [9.17, 15) is 4.79 Å². The molecule has 0 saturated heterocycles. The van der Waals surface area contributed by atoms with E-state index in [4.69, 9.17) is 10.2 Å². The zero-order chi connectivity index (χ0) is 13.9. The Hall–Kier alpha value is -1.01. The van der Waals surface area contributed by atoms with Crippen LogP contribution in [-0.2, 0) is 9.53 Å². The summed E-state index contributed by atoms with van der Waals surface area (Å²) in [5, 5.41) is 0.717. The van der Waals surface area contributed by atoms with Crippen molar-refractivity contribution in [3.8, 4) is 0 Å². The van der Waals surface area contributed by atoms with Crippen LogP contribution >= 0.6 is 11.8 Å². The molecule has 2 unspecified atom stereocenters. The summed E-state index contributed by atoms with van der Waals surface area (Å²) in [5.41, 5.74) is 5.82. The standard InChI is InChI=1S/C12H20N2O3S/c1-7(6-12(4,13)10(15)16-5)18-11-14-8(2)9(3)17-11/h7H,6,13H2,1-5H3. The monoisotopic (exact) mass is 272 g/mol. The van der Waals surface area contributed by atoms with E-state index < -0.39 is 11.5 Å². The summed E-state index contributed by atoms with van der Waals surface area (Å²) in [4.78, 5) is 15.8. The number of carbonyl (C=O) groups is 1. The topological polar surface area (TPSA) is 78.4 Å². The molecular weight excluding hydrogens is 252 g/mol. The number of oxazole rings is 1. The van der Waals surface area contributed by atoms with Crippen molar-refractivity contribution in [2.45, 2.75) is 50.1 Å². The lowest BCUT2D eigenvalue weighted by Crippen LogP contribution is -2.47. The number of aromatic nitrogens is 1. The van der Waals surface area contributed by atoms with Crippen LogP contribution in [0.25, 0.3) is 0 Å². The number of rotatable bonds is 5. The molecule has 1 aromatic heterocycles. The lowest BCUT2D eigenvalue weighted by atomic mass is 9.98. The summed E-state index contributed by atoms with van der Waals surface area (Å²) in [6, 6.07) is 0. The minimum atomic E-state index is -0.988. The van der Waals surface area contributed by atoms with Crippen molar-refractivity contribution in [2.75, 3.05) is 7.11 Å². The molecule has 0 saturated carbocycles. The number of methoxy groups -OCH3 is 1. The molecule has 18 heavy (non-hydrogen) atoms. The van der Waals surface area contributed by atoms with Gasteiger partial charge in [0.05, 0.1) is 12.8 Å². The van der Waals surface area contributed by atoms with Gasteiger partial charge < -0.3 is 14.9 Å². The van der Waals surface area contributed by atoms with Gasteiger partial charge in [0, 0.05) is 5.25 Å². The molecular formula is C12H20N2O3S. The highest BCUT2D eigenvalue weighted by atomic mass is 32.2. The zero-order valence-electron chi connectivity index (χ0n) is 11.4. The quantitative estimate of drug-likeness (QED) is 0.653. The van der Waals surface area contributed by atoms with Gasteiger partial charge in [-0.2, -0.15) is 0 Å². The molecule has 0 aliphatic rings. The molecule has 102 valence electrons. The Morgan fingerprint density at radius 2 is 2.22 bits per heavy atom. The number of ether oxygens (including phenoxy) is 1. The van der Waals surface area contributed by atoms with Crippen molar-refractivity contribution < 1.29 is 13.9 Å². The van der Waals surface area contributed by atoms with Crippen molar-refractivity contribution in [1.29, 1.82) is 0 Å². The molecule has 2 N–H and O–H groups in total. The van der Waals surface area contributed by atoms with E-state index in [1.807, 2.05) is 20.8 Å². The highest BCUT2D eigenvalue weighted by Crippen LogP contribution is 2.29. The molecule has 1 heterocycles. The van der Waals surface area contributed by atoms with Crippen molar-refractivity contribution >= 4 is 17.7 Å². The maximum atomic E-state index is 11.5. The highest BCUT2D eigenvalue weighted by Gasteiger charge is 2.32. The lowest BCUT2D eigenvalue weighted by molar-refractivity contribution is -0.146. The second-order valence-electron chi connectivity index (χ2n) is 4.66. The van der Waals surface area contributed by atoms with Crippen molar-refractivity contribution in [2.24, 2.45) is 5.73 Å². The van der Waals surface area contributed by atoms with Crippen LogP contribution in [0.2, 0.25) is 0 Å². The molecule has 0 bridgehead atoms. The number of nitrogens with two attached hydrogens (primary N) is 1. The van der Waals surface area contributed by atoms with Gasteiger partial charge in [-0.05, 0) is 27.2 Å². The average molecular weight is 272 g/mol. The molecule has 1 aromatic rings. The summed E-state index contributed by atoms with van der Waals surface area (Å²) >= 11 is 1.47. The second kappa shape index (κ2) is 5.75. The summed E-state index contributed by atoms with van der Waals surface area (Å²) < 4.78 is 10.2. The molecule has 0 radical (unpaired) electrons. The van der Waals surface area contributed by atoms with Crippen LogP contribution in [0.4, 0.5) is 0 Å². The Labute approximate surface area is 111 Å². The molecule has 1 rings (SSSR count). The average Bonchev–Trinajstić information content (AvgIpc) is 2.55. The van der Waals surface area contributed by atoms with Gasteiger partial charge in [-0.15, -0.1) is 0 Å². The van der Waals surface area contributed by atoms with Crippen LogP contribution in [-0.4, -0.2) is 28.9 Å². The van der Waals surface area contributed by atoms with E-state index in [2.05, 4.69) is 9.72 Å². The first kappa shape index (κ1) is 15.0. The Bertz CT molecular complexity index is 409. The number of aryl methyl sites for hydroxylation is 2. The first-order valence-electron chi connectivity index (χ1n) is 5.74. The lowest BCUT2D eigenvalue weighted by Gasteiger charge is -2.24. The maximum absolute atomic E-state index is 11.5. The normalized spacial score (nSPS) is 16.1. The van der Waals surface area contributed by atoms with Gasteiger partial charge in [-0.3, -0.25) is 4.79 Å². The summed E-state index contributed by atoms with van der Waals surface area (Å²) in [5.74, 6) is 0.405. The van der Waals surface area contributed by atoms with Crippen LogP contribution in [0.3, 0.4) is 0 Å². The third-order valence-electron chi connectivity index (χ3n) is 2.67. The van der Waals surface area contributed by atoms with Crippen LogP contribution < -0.4 is 5.73 Å². The fourth-order valence-electron chi connectivity index (χ4n) is 1.62. The predicted octanol–water partition coefficient (Wildman–Crippen LogP) is 2.05. The molecule has 6 heteroatoms. The summed E-state index contributed by atoms with van der Waals surface area (Å²) in [6.45, 7) is 7.42. The van der Waals surface area contributed by atoms with Crippen LogP contribution in [0.5, 0.6) is 0 Å². The summed E-state index contributed by atoms with van der Waals surface area (Å²) in [6.07, 6.45) is 0.491. The Morgan fingerprint density at radius 1 is 1.61 bits per heavy atom. The van der Waals surface area contributed by atoms with E-state index in [-0.39, 0.29) is 5.25 Å². The predicted molar refractivity (Wildman–Crippen MR) is 70.5 cm³/mol. The maximum Gasteiger partial charge on any atom is 0.325 e. The molecule has 0 spiro atoms. The first-order chi connectivity index (χ1) is 8.26. The zero-order valence-corrected chi connectivity index (χ0v) is 12.3. The number of esters is 1. The molecule has 5 nitrogen and oxygen atoms in total. The molecule has 0 amide bonds. The van der Waals surface area contributed by atoms with Crippen LogP contribution in [0, 0.1) is 13.8 Å². The van der Waals surface area contributed by atoms with Crippen molar-refractivity contribution in [3.63, 3.8) is 0 Å². The van der Waals surface area contributed by atoms with Gasteiger partial charge in [-0.1, -0.05) is 18.7 Å². The Balaban J connectivity index is 2.61. The van der Waals surface area contributed by atoms with E-state index in [1.165, 1.54) is 18.9 Å². The second-order valence-corrected chi connectivity index (χ2v) is 6.05. The number of carbonyl (C=O) groups excluding carboxylic acids is 1. The minimum Gasteiger partial charge on any atom is -0.468 e. The van der Waals surface area contributed by atoms with Gasteiger partial charge in [0.25, 0.3) is 5.22 Å². The molecule has 2 atom stereocenters. The van der Waals surface area contributed by atoms with Gasteiger partial charge in [0.1, 0.15) is 11.3 Å². The number of thioether (sulfide) groups is 1. The number of nitrogens with zero attached hydrogens (tertiary/aromatic N) is 1. The SMILES string of the molecule is COC(=O)C(C)(N)CC(C)Sc1nc(C)c(C)o1. The van der Waals surface area contributed by atoms with E-state index in [0.717, 1.165) is 11.5 Å².